The average molecular weight is 386 g/mol. The molecule has 4 heteroatoms. The van der Waals surface area contributed by atoms with Crippen LogP contribution in [0.25, 0.3) is 0 Å². The molecule has 0 fully saturated rings. The van der Waals surface area contributed by atoms with Crippen LogP contribution in [0.1, 0.15) is 56.6 Å². The molecule has 0 aliphatic rings. The lowest BCUT2D eigenvalue weighted by Gasteiger charge is -2.20. The lowest BCUT2D eigenvalue weighted by atomic mass is 9.99. The Balaban J connectivity index is 0.000000307. The molecule has 0 spiro atoms. The predicted molar refractivity (Wildman–Crippen MR) is 115 cm³/mol. The first-order valence-electron chi connectivity index (χ1n) is 10.2. The number of hydrogen-bond acceptors (Lipinski definition) is 3. The van der Waals surface area contributed by atoms with Crippen molar-refractivity contribution in [2.75, 3.05) is 19.7 Å². The average Bonchev–Trinajstić information content (AvgIpc) is 2.70. The molecule has 0 aliphatic heterocycles. The number of carbonyl (C=O) groups is 1. The zero-order chi connectivity index (χ0) is 20.6. The van der Waals surface area contributed by atoms with Gasteiger partial charge in [-0.05, 0) is 36.4 Å². The second-order valence-corrected chi connectivity index (χ2v) is 7.12. The first-order valence-corrected chi connectivity index (χ1v) is 10.2. The van der Waals surface area contributed by atoms with Gasteiger partial charge in [-0.2, -0.15) is 0 Å². The van der Waals surface area contributed by atoms with E-state index < -0.39 is 5.97 Å². The molecule has 0 aromatic heterocycles. The summed E-state index contributed by atoms with van der Waals surface area (Å²) in [6, 6.07) is 20.3. The second-order valence-electron chi connectivity index (χ2n) is 7.12. The molecule has 0 saturated carbocycles. The summed E-state index contributed by atoms with van der Waals surface area (Å²) >= 11 is 0. The third-order valence-electron chi connectivity index (χ3n) is 4.62. The Bertz CT molecular complexity index is 631. The van der Waals surface area contributed by atoms with Crippen LogP contribution in [0, 0.1) is 0 Å². The van der Waals surface area contributed by atoms with E-state index in [1.165, 1.54) is 11.1 Å². The van der Waals surface area contributed by atoms with Gasteiger partial charge >= 0.3 is 5.97 Å². The van der Waals surface area contributed by atoms with Crippen LogP contribution in [0.4, 0.5) is 0 Å². The maximum Gasteiger partial charge on any atom is 0.317 e. The summed E-state index contributed by atoms with van der Waals surface area (Å²) in [5, 5.41) is 17.6. The standard InChI is InChI=1S/C14H21NO2.C10H14O/c1-2-3-7-10-15(12-14(16)17)11-13-8-5-4-6-9-13;1-9(7-8-11)10-5-3-2-4-6-10/h4-6,8-9H,2-3,7,10-12H2,1H3,(H,16,17);2-6,9,11H,7-8H2,1H3. The van der Waals surface area contributed by atoms with Crippen molar-refractivity contribution in [2.24, 2.45) is 0 Å². The van der Waals surface area contributed by atoms with Crippen LogP contribution in [-0.4, -0.2) is 40.8 Å². The number of nitrogens with zero attached hydrogens (tertiary/aromatic N) is 1. The van der Waals surface area contributed by atoms with Gasteiger partial charge in [-0.3, -0.25) is 9.69 Å². The highest BCUT2D eigenvalue weighted by molar-refractivity contribution is 5.69. The van der Waals surface area contributed by atoms with E-state index in [4.69, 9.17) is 10.2 Å². The molecule has 4 nitrogen and oxygen atoms in total. The molecule has 2 aromatic carbocycles. The molecule has 2 aromatic rings. The zero-order valence-corrected chi connectivity index (χ0v) is 17.3. The maximum atomic E-state index is 10.8. The van der Waals surface area contributed by atoms with Crippen molar-refractivity contribution < 1.29 is 15.0 Å². The minimum absolute atomic E-state index is 0.124. The first kappa shape index (κ1) is 23.9. The molecule has 2 rings (SSSR count). The Labute approximate surface area is 169 Å². The molecule has 1 atom stereocenters. The smallest absolute Gasteiger partial charge is 0.317 e. The van der Waals surface area contributed by atoms with Crippen LogP contribution >= 0.6 is 0 Å². The molecule has 1 unspecified atom stereocenters. The van der Waals surface area contributed by atoms with Gasteiger partial charge in [0.15, 0.2) is 0 Å². The number of aliphatic carboxylic acids is 1. The van der Waals surface area contributed by atoms with E-state index >= 15 is 0 Å². The third kappa shape index (κ3) is 10.9. The topological polar surface area (TPSA) is 60.8 Å². The van der Waals surface area contributed by atoms with E-state index in [9.17, 15) is 4.79 Å². The van der Waals surface area contributed by atoms with Crippen LogP contribution in [0.15, 0.2) is 60.7 Å². The highest BCUT2D eigenvalue weighted by Crippen LogP contribution is 2.17. The largest absolute Gasteiger partial charge is 0.480 e. The fourth-order valence-electron chi connectivity index (χ4n) is 2.97. The van der Waals surface area contributed by atoms with Gasteiger partial charge in [0.25, 0.3) is 0 Å². The summed E-state index contributed by atoms with van der Waals surface area (Å²) in [4.78, 5) is 12.8. The molecule has 0 heterocycles. The number of carboxylic acids is 1. The fourth-order valence-corrected chi connectivity index (χ4v) is 2.97. The number of rotatable bonds is 11. The fraction of sp³-hybridized carbons (Fsp3) is 0.458. The Kier molecular flexibility index (Phi) is 12.6. The van der Waals surface area contributed by atoms with Crippen molar-refractivity contribution in [1.29, 1.82) is 0 Å². The SMILES string of the molecule is CC(CCO)c1ccccc1.CCCCCN(CC(=O)O)Cc1ccccc1. The van der Waals surface area contributed by atoms with Gasteiger partial charge in [0.2, 0.25) is 0 Å². The first-order chi connectivity index (χ1) is 13.6. The Morgan fingerprint density at radius 1 is 1.00 bits per heavy atom. The quantitative estimate of drug-likeness (QED) is 0.538. The molecule has 0 bridgehead atoms. The molecular weight excluding hydrogens is 350 g/mol. The number of hydrogen-bond donors (Lipinski definition) is 2. The van der Waals surface area contributed by atoms with Crippen molar-refractivity contribution in [3.8, 4) is 0 Å². The molecular formula is C24H35NO3. The van der Waals surface area contributed by atoms with Crippen LogP contribution < -0.4 is 0 Å². The second kappa shape index (κ2) is 14.8. The Morgan fingerprint density at radius 2 is 1.61 bits per heavy atom. The highest BCUT2D eigenvalue weighted by Gasteiger charge is 2.09. The minimum Gasteiger partial charge on any atom is -0.480 e. The van der Waals surface area contributed by atoms with Gasteiger partial charge in [0.1, 0.15) is 0 Å². The normalized spacial score (nSPS) is 11.6. The summed E-state index contributed by atoms with van der Waals surface area (Å²) in [5.41, 5.74) is 2.48. The molecule has 0 radical (unpaired) electrons. The van der Waals surface area contributed by atoms with Crippen LogP contribution in [0.5, 0.6) is 0 Å². The molecule has 154 valence electrons. The molecule has 0 saturated heterocycles. The van der Waals surface area contributed by atoms with E-state index in [1.54, 1.807) is 0 Å². The van der Waals surface area contributed by atoms with Crippen LogP contribution in [0.3, 0.4) is 0 Å². The molecule has 28 heavy (non-hydrogen) atoms. The highest BCUT2D eigenvalue weighted by atomic mass is 16.4. The van der Waals surface area contributed by atoms with Crippen molar-refractivity contribution in [3.05, 3.63) is 71.8 Å². The van der Waals surface area contributed by atoms with Gasteiger partial charge in [-0.25, -0.2) is 0 Å². The lowest BCUT2D eigenvalue weighted by Crippen LogP contribution is -2.30. The van der Waals surface area contributed by atoms with Crippen LogP contribution in [-0.2, 0) is 11.3 Å². The van der Waals surface area contributed by atoms with E-state index in [0.29, 0.717) is 5.92 Å². The third-order valence-corrected chi connectivity index (χ3v) is 4.62. The van der Waals surface area contributed by atoms with Crippen LogP contribution in [0.2, 0.25) is 0 Å². The maximum absolute atomic E-state index is 10.8. The van der Waals surface area contributed by atoms with Crippen molar-refractivity contribution in [3.63, 3.8) is 0 Å². The summed E-state index contributed by atoms with van der Waals surface area (Å²) in [7, 11) is 0. The van der Waals surface area contributed by atoms with E-state index in [2.05, 4.69) is 26.0 Å². The van der Waals surface area contributed by atoms with Crippen molar-refractivity contribution >= 4 is 5.97 Å². The number of aliphatic hydroxyl groups excluding tert-OH is 1. The lowest BCUT2D eigenvalue weighted by molar-refractivity contribution is -0.138. The van der Waals surface area contributed by atoms with Gasteiger partial charge in [0, 0.05) is 13.2 Å². The number of aliphatic hydroxyl groups is 1. The zero-order valence-electron chi connectivity index (χ0n) is 17.3. The van der Waals surface area contributed by atoms with Crippen molar-refractivity contribution in [2.45, 2.75) is 52.0 Å². The molecule has 2 N–H and O–H groups in total. The minimum atomic E-state index is -0.752. The van der Waals surface area contributed by atoms with E-state index in [1.807, 2.05) is 53.4 Å². The molecule has 0 amide bonds. The van der Waals surface area contributed by atoms with Crippen molar-refractivity contribution in [1.82, 2.24) is 4.90 Å². The van der Waals surface area contributed by atoms with Gasteiger partial charge in [0.05, 0.1) is 6.54 Å². The Morgan fingerprint density at radius 3 is 2.14 bits per heavy atom. The number of benzene rings is 2. The van der Waals surface area contributed by atoms with Gasteiger partial charge in [-0.15, -0.1) is 0 Å². The molecule has 0 aliphatic carbocycles. The number of carboxylic acid groups (broad SMARTS) is 1. The summed E-state index contributed by atoms with van der Waals surface area (Å²) in [6.07, 6.45) is 4.23. The number of unbranched alkanes of at least 4 members (excludes halogenated alkanes) is 2. The Hall–Kier alpha value is -2.17. The summed E-state index contributed by atoms with van der Waals surface area (Å²) in [6.45, 7) is 6.25. The van der Waals surface area contributed by atoms with Gasteiger partial charge < -0.3 is 10.2 Å². The monoisotopic (exact) mass is 385 g/mol. The summed E-state index contributed by atoms with van der Waals surface area (Å²) in [5.74, 6) is -0.279. The van der Waals surface area contributed by atoms with Gasteiger partial charge in [-0.1, -0.05) is 87.4 Å². The van der Waals surface area contributed by atoms with E-state index in [-0.39, 0.29) is 13.2 Å². The van der Waals surface area contributed by atoms with E-state index in [0.717, 1.165) is 38.8 Å². The summed E-state index contributed by atoms with van der Waals surface area (Å²) < 4.78 is 0. The predicted octanol–water partition coefficient (Wildman–Crippen LogP) is 4.94.